The lowest BCUT2D eigenvalue weighted by atomic mass is 10.1. The van der Waals surface area contributed by atoms with E-state index in [1.165, 1.54) is 0 Å². The van der Waals surface area contributed by atoms with Gasteiger partial charge in [0.05, 0.1) is 12.4 Å². The second-order valence-corrected chi connectivity index (χ2v) is 6.56. The monoisotopic (exact) mass is 369 g/mol. The molecule has 0 aliphatic carbocycles. The predicted octanol–water partition coefficient (Wildman–Crippen LogP) is 3.82. The highest BCUT2D eigenvalue weighted by atomic mass is 32.2. The molecule has 0 unspecified atom stereocenters. The van der Waals surface area contributed by atoms with Gasteiger partial charge in [-0.25, -0.2) is 0 Å². The van der Waals surface area contributed by atoms with Gasteiger partial charge in [0.1, 0.15) is 5.75 Å². The smallest absolute Gasteiger partial charge is 0.313 e. The van der Waals surface area contributed by atoms with Crippen molar-refractivity contribution in [2.24, 2.45) is 0 Å². The van der Waals surface area contributed by atoms with Gasteiger partial charge in [-0.2, -0.15) is 0 Å². The molecule has 0 amide bonds. The van der Waals surface area contributed by atoms with Crippen LogP contribution in [0.15, 0.2) is 53.7 Å². The standard InChI is InChI=1S/C19H19N3O3S/c1-3-25-16-9-7-15(8-10-16)22-18(14-6-4-5-13(2)11-14)20-21-19(22)26-12-17(23)24/h4-11H,3,12H2,1-2H3,(H,23,24). The van der Waals surface area contributed by atoms with Crippen LogP contribution in [-0.2, 0) is 4.79 Å². The van der Waals surface area contributed by atoms with Gasteiger partial charge in [0.15, 0.2) is 11.0 Å². The molecule has 1 N–H and O–H groups in total. The quantitative estimate of drug-likeness (QED) is 0.638. The van der Waals surface area contributed by atoms with E-state index < -0.39 is 5.97 Å². The fourth-order valence-electron chi connectivity index (χ4n) is 2.55. The van der Waals surface area contributed by atoms with E-state index in [4.69, 9.17) is 9.84 Å². The van der Waals surface area contributed by atoms with Crippen molar-refractivity contribution in [2.75, 3.05) is 12.4 Å². The summed E-state index contributed by atoms with van der Waals surface area (Å²) in [6, 6.07) is 15.6. The molecule has 0 saturated carbocycles. The van der Waals surface area contributed by atoms with Gasteiger partial charge in [-0.15, -0.1) is 10.2 Å². The third-order valence-electron chi connectivity index (χ3n) is 3.64. The number of aromatic nitrogens is 3. The van der Waals surface area contributed by atoms with Crippen molar-refractivity contribution in [3.8, 4) is 22.8 Å². The normalized spacial score (nSPS) is 10.7. The summed E-state index contributed by atoms with van der Waals surface area (Å²) >= 11 is 1.14. The van der Waals surface area contributed by atoms with E-state index in [0.717, 1.165) is 34.3 Å². The summed E-state index contributed by atoms with van der Waals surface area (Å²) in [5.41, 5.74) is 2.89. The Morgan fingerprint density at radius 2 is 1.96 bits per heavy atom. The molecular weight excluding hydrogens is 350 g/mol. The Kier molecular flexibility index (Phi) is 5.58. The van der Waals surface area contributed by atoms with Crippen LogP contribution in [0.25, 0.3) is 17.1 Å². The zero-order valence-corrected chi connectivity index (χ0v) is 15.4. The third-order valence-corrected chi connectivity index (χ3v) is 4.55. The number of carboxylic acid groups (broad SMARTS) is 1. The molecule has 1 heterocycles. The predicted molar refractivity (Wildman–Crippen MR) is 101 cm³/mol. The molecule has 26 heavy (non-hydrogen) atoms. The minimum Gasteiger partial charge on any atom is -0.494 e. The van der Waals surface area contributed by atoms with Crippen LogP contribution in [0, 0.1) is 6.92 Å². The Morgan fingerprint density at radius 3 is 2.62 bits per heavy atom. The number of aryl methyl sites for hydroxylation is 1. The number of ether oxygens (including phenoxy) is 1. The van der Waals surface area contributed by atoms with E-state index in [1.54, 1.807) is 0 Å². The number of hydrogen-bond donors (Lipinski definition) is 1. The van der Waals surface area contributed by atoms with Gasteiger partial charge in [0, 0.05) is 11.3 Å². The average Bonchev–Trinajstić information content (AvgIpc) is 3.05. The van der Waals surface area contributed by atoms with Crippen LogP contribution in [0.3, 0.4) is 0 Å². The molecule has 0 fully saturated rings. The summed E-state index contributed by atoms with van der Waals surface area (Å²) in [6.07, 6.45) is 0. The van der Waals surface area contributed by atoms with Gasteiger partial charge in [-0.3, -0.25) is 9.36 Å². The first-order valence-electron chi connectivity index (χ1n) is 8.18. The average molecular weight is 369 g/mol. The van der Waals surface area contributed by atoms with Crippen LogP contribution in [-0.4, -0.2) is 38.2 Å². The maximum absolute atomic E-state index is 11.0. The van der Waals surface area contributed by atoms with E-state index >= 15 is 0 Å². The fraction of sp³-hybridized carbons (Fsp3) is 0.211. The number of aliphatic carboxylic acids is 1. The number of carbonyl (C=O) groups is 1. The van der Waals surface area contributed by atoms with Crippen molar-refractivity contribution in [1.82, 2.24) is 14.8 Å². The lowest BCUT2D eigenvalue weighted by Crippen LogP contribution is -2.03. The van der Waals surface area contributed by atoms with Gasteiger partial charge < -0.3 is 9.84 Å². The second-order valence-electron chi connectivity index (χ2n) is 5.62. The number of nitrogens with zero attached hydrogens (tertiary/aromatic N) is 3. The third kappa shape index (κ3) is 4.05. The molecule has 3 rings (SSSR count). The molecule has 0 aliphatic rings. The first-order valence-corrected chi connectivity index (χ1v) is 9.17. The Morgan fingerprint density at radius 1 is 1.19 bits per heavy atom. The van der Waals surface area contributed by atoms with Crippen molar-refractivity contribution in [3.05, 3.63) is 54.1 Å². The minimum absolute atomic E-state index is 0.0804. The van der Waals surface area contributed by atoms with Gasteiger partial charge in [0.25, 0.3) is 0 Å². The summed E-state index contributed by atoms with van der Waals surface area (Å²) in [4.78, 5) is 11.0. The molecule has 3 aromatic rings. The maximum Gasteiger partial charge on any atom is 0.313 e. The summed E-state index contributed by atoms with van der Waals surface area (Å²) in [7, 11) is 0. The summed E-state index contributed by atoms with van der Waals surface area (Å²) < 4.78 is 7.37. The number of hydrogen-bond acceptors (Lipinski definition) is 5. The Hall–Kier alpha value is -2.80. The molecule has 0 aliphatic heterocycles. The van der Waals surface area contributed by atoms with Crippen LogP contribution in [0.4, 0.5) is 0 Å². The number of carboxylic acids is 1. The molecule has 1 aromatic heterocycles. The van der Waals surface area contributed by atoms with Gasteiger partial charge >= 0.3 is 5.97 Å². The molecule has 0 saturated heterocycles. The largest absolute Gasteiger partial charge is 0.494 e. The Labute approximate surface area is 155 Å². The molecule has 7 heteroatoms. The number of thioether (sulfide) groups is 1. The molecule has 0 radical (unpaired) electrons. The first kappa shape index (κ1) is 18.0. The van der Waals surface area contributed by atoms with Crippen molar-refractivity contribution in [1.29, 1.82) is 0 Å². The van der Waals surface area contributed by atoms with Crippen LogP contribution in [0.5, 0.6) is 5.75 Å². The highest BCUT2D eigenvalue weighted by Crippen LogP contribution is 2.29. The molecular formula is C19H19N3O3S. The van der Waals surface area contributed by atoms with Crippen LogP contribution in [0.1, 0.15) is 12.5 Å². The van der Waals surface area contributed by atoms with E-state index in [9.17, 15) is 4.79 Å². The Bertz CT molecular complexity index is 907. The summed E-state index contributed by atoms with van der Waals surface area (Å²) in [6.45, 7) is 4.55. The molecule has 134 valence electrons. The fourth-order valence-corrected chi connectivity index (χ4v) is 3.22. The molecule has 0 spiro atoms. The van der Waals surface area contributed by atoms with Gasteiger partial charge in [-0.05, 0) is 44.2 Å². The zero-order valence-electron chi connectivity index (χ0n) is 14.5. The summed E-state index contributed by atoms with van der Waals surface area (Å²) in [5.74, 6) is 0.475. The van der Waals surface area contributed by atoms with Crippen molar-refractivity contribution < 1.29 is 14.6 Å². The van der Waals surface area contributed by atoms with Gasteiger partial charge in [0.2, 0.25) is 0 Å². The highest BCUT2D eigenvalue weighted by Gasteiger charge is 2.17. The van der Waals surface area contributed by atoms with Crippen molar-refractivity contribution >= 4 is 17.7 Å². The summed E-state index contributed by atoms with van der Waals surface area (Å²) in [5, 5.41) is 18.1. The van der Waals surface area contributed by atoms with E-state index in [-0.39, 0.29) is 5.75 Å². The second kappa shape index (κ2) is 8.05. The van der Waals surface area contributed by atoms with Gasteiger partial charge in [-0.1, -0.05) is 35.5 Å². The molecule has 6 nitrogen and oxygen atoms in total. The van der Waals surface area contributed by atoms with Crippen molar-refractivity contribution in [2.45, 2.75) is 19.0 Å². The zero-order chi connectivity index (χ0) is 18.5. The Balaban J connectivity index is 2.06. The van der Waals surface area contributed by atoms with E-state index in [0.29, 0.717) is 17.6 Å². The number of benzene rings is 2. The SMILES string of the molecule is CCOc1ccc(-n2c(SCC(=O)O)nnc2-c2cccc(C)c2)cc1. The van der Waals surface area contributed by atoms with Crippen LogP contribution in [0.2, 0.25) is 0 Å². The number of rotatable bonds is 7. The topological polar surface area (TPSA) is 77.2 Å². The molecule has 0 atom stereocenters. The molecule has 2 aromatic carbocycles. The van der Waals surface area contributed by atoms with E-state index in [2.05, 4.69) is 10.2 Å². The maximum atomic E-state index is 11.0. The molecule has 0 bridgehead atoms. The lowest BCUT2D eigenvalue weighted by molar-refractivity contribution is -0.133. The van der Waals surface area contributed by atoms with E-state index in [1.807, 2.05) is 66.9 Å². The van der Waals surface area contributed by atoms with Crippen molar-refractivity contribution in [3.63, 3.8) is 0 Å². The van der Waals surface area contributed by atoms with Crippen LogP contribution >= 0.6 is 11.8 Å². The van der Waals surface area contributed by atoms with Crippen LogP contribution < -0.4 is 4.74 Å². The lowest BCUT2D eigenvalue weighted by Gasteiger charge is -2.11. The minimum atomic E-state index is -0.895. The highest BCUT2D eigenvalue weighted by molar-refractivity contribution is 7.99. The first-order chi connectivity index (χ1) is 12.6.